The van der Waals surface area contributed by atoms with E-state index < -0.39 is 29.1 Å². The Hall–Kier alpha value is -3.83. The van der Waals surface area contributed by atoms with Crippen LogP contribution in [0, 0.1) is 0 Å². The standard InChI is InChI=1S/C26H24ClF3N4O4/c1-37-20-10-17(13-31-14-20)23(35)34-25(8-9-38-15-25)24(36)32-12-16-2-5-19(6-3-16)33-22-7-4-18(27)11-21(22)26(28,29)30/h2-7,10-11,13-14,33H,8-9,12,15H2,1H3,(H,32,36)(H,34,35)/t25-/m0/s1. The van der Waals surface area contributed by atoms with Crippen LogP contribution in [0.1, 0.15) is 27.9 Å². The summed E-state index contributed by atoms with van der Waals surface area (Å²) in [5.41, 5.74) is -0.906. The monoisotopic (exact) mass is 548 g/mol. The van der Waals surface area contributed by atoms with E-state index in [9.17, 15) is 22.8 Å². The van der Waals surface area contributed by atoms with Crippen molar-refractivity contribution in [1.82, 2.24) is 15.6 Å². The molecule has 0 aliphatic carbocycles. The summed E-state index contributed by atoms with van der Waals surface area (Å²) in [6.45, 7) is 0.439. The summed E-state index contributed by atoms with van der Waals surface area (Å²) in [5.74, 6) is -0.507. The maximum atomic E-state index is 13.4. The van der Waals surface area contributed by atoms with Crippen molar-refractivity contribution in [3.05, 3.63) is 82.6 Å². The van der Waals surface area contributed by atoms with Gasteiger partial charge in [-0.25, -0.2) is 0 Å². The summed E-state index contributed by atoms with van der Waals surface area (Å²) in [4.78, 5) is 29.9. The summed E-state index contributed by atoms with van der Waals surface area (Å²) in [6.07, 6.45) is -1.46. The van der Waals surface area contributed by atoms with Crippen LogP contribution in [0.3, 0.4) is 0 Å². The molecule has 1 atom stereocenters. The summed E-state index contributed by atoms with van der Waals surface area (Å²) in [6, 6.07) is 11.5. The van der Waals surface area contributed by atoms with Crippen LogP contribution in [0.5, 0.6) is 5.75 Å². The first kappa shape index (κ1) is 27.2. The average molecular weight is 549 g/mol. The second-order valence-electron chi connectivity index (χ2n) is 8.64. The Labute approximate surface area is 221 Å². The Kier molecular flexibility index (Phi) is 8.08. The number of halogens is 4. The van der Waals surface area contributed by atoms with Gasteiger partial charge in [-0.15, -0.1) is 0 Å². The third-order valence-corrected chi connectivity index (χ3v) is 6.23. The number of amides is 2. The predicted molar refractivity (Wildman–Crippen MR) is 134 cm³/mol. The van der Waals surface area contributed by atoms with Crippen molar-refractivity contribution >= 4 is 34.8 Å². The maximum absolute atomic E-state index is 13.4. The fourth-order valence-electron chi connectivity index (χ4n) is 3.92. The molecule has 0 spiro atoms. The molecular formula is C26H24ClF3N4O4. The molecule has 12 heteroatoms. The van der Waals surface area contributed by atoms with Crippen LogP contribution >= 0.6 is 11.6 Å². The quantitative estimate of drug-likeness (QED) is 0.377. The first-order valence-electron chi connectivity index (χ1n) is 11.5. The molecule has 3 N–H and O–H groups in total. The second kappa shape index (κ2) is 11.3. The Morgan fingerprint density at radius 2 is 1.89 bits per heavy atom. The Morgan fingerprint density at radius 3 is 2.55 bits per heavy atom. The predicted octanol–water partition coefficient (Wildman–Crippen LogP) is 4.71. The highest BCUT2D eigenvalue weighted by atomic mass is 35.5. The van der Waals surface area contributed by atoms with Crippen LogP contribution in [0.4, 0.5) is 24.5 Å². The number of alkyl halides is 3. The number of methoxy groups -OCH3 is 1. The van der Waals surface area contributed by atoms with Gasteiger partial charge in [-0.05, 0) is 42.0 Å². The van der Waals surface area contributed by atoms with E-state index in [4.69, 9.17) is 21.1 Å². The van der Waals surface area contributed by atoms with E-state index in [2.05, 4.69) is 20.9 Å². The van der Waals surface area contributed by atoms with Gasteiger partial charge in [0.15, 0.2) is 0 Å². The maximum Gasteiger partial charge on any atom is 0.418 e. The Morgan fingerprint density at radius 1 is 1.13 bits per heavy atom. The van der Waals surface area contributed by atoms with Gasteiger partial charge >= 0.3 is 6.18 Å². The normalized spacial score (nSPS) is 17.1. The van der Waals surface area contributed by atoms with E-state index >= 15 is 0 Å². The molecule has 1 aromatic heterocycles. The Balaban J connectivity index is 1.40. The van der Waals surface area contributed by atoms with Gasteiger partial charge in [0, 0.05) is 36.5 Å². The van der Waals surface area contributed by atoms with E-state index in [1.54, 1.807) is 24.3 Å². The topological polar surface area (TPSA) is 102 Å². The van der Waals surface area contributed by atoms with Crippen LogP contribution < -0.4 is 20.7 Å². The first-order chi connectivity index (χ1) is 18.1. The van der Waals surface area contributed by atoms with Crippen LogP contribution in [0.15, 0.2) is 60.9 Å². The van der Waals surface area contributed by atoms with Crippen molar-refractivity contribution in [3.63, 3.8) is 0 Å². The number of benzene rings is 2. The molecule has 0 saturated carbocycles. The minimum atomic E-state index is -4.57. The van der Waals surface area contributed by atoms with E-state index in [1.807, 2.05) is 0 Å². The van der Waals surface area contributed by atoms with Gasteiger partial charge in [-0.1, -0.05) is 23.7 Å². The molecule has 1 fully saturated rings. The van der Waals surface area contributed by atoms with Gasteiger partial charge in [0.25, 0.3) is 5.91 Å². The van der Waals surface area contributed by atoms with Gasteiger partial charge in [0.05, 0.1) is 36.7 Å². The molecular weight excluding hydrogens is 525 g/mol. The van der Waals surface area contributed by atoms with Crippen molar-refractivity contribution in [2.75, 3.05) is 25.6 Å². The van der Waals surface area contributed by atoms with Crippen molar-refractivity contribution in [2.45, 2.75) is 24.7 Å². The lowest BCUT2D eigenvalue weighted by Crippen LogP contribution is -2.59. The lowest BCUT2D eigenvalue weighted by molar-refractivity contribution is -0.137. The van der Waals surface area contributed by atoms with E-state index in [0.717, 1.165) is 6.07 Å². The SMILES string of the molecule is COc1cncc(C(=O)N[C@@]2(C(=O)NCc3ccc(Nc4ccc(Cl)cc4C(F)(F)F)cc3)CCOC2)c1. The van der Waals surface area contributed by atoms with Crippen molar-refractivity contribution < 1.29 is 32.2 Å². The first-order valence-corrected chi connectivity index (χ1v) is 11.9. The molecule has 1 aliphatic heterocycles. The van der Waals surface area contributed by atoms with E-state index in [1.165, 1.54) is 37.7 Å². The highest BCUT2D eigenvalue weighted by Gasteiger charge is 2.43. The fourth-order valence-corrected chi connectivity index (χ4v) is 4.09. The van der Waals surface area contributed by atoms with Gasteiger partial charge in [-0.2, -0.15) is 13.2 Å². The number of anilines is 2. The molecule has 2 heterocycles. The molecule has 38 heavy (non-hydrogen) atoms. The molecule has 1 aliphatic rings. The van der Waals surface area contributed by atoms with Gasteiger partial charge in [-0.3, -0.25) is 14.6 Å². The minimum absolute atomic E-state index is 0.00740. The largest absolute Gasteiger partial charge is 0.495 e. The lowest BCUT2D eigenvalue weighted by Gasteiger charge is -2.27. The highest BCUT2D eigenvalue weighted by molar-refractivity contribution is 6.30. The van der Waals surface area contributed by atoms with Gasteiger partial charge < -0.3 is 25.4 Å². The number of nitrogens with one attached hydrogen (secondary N) is 3. The van der Waals surface area contributed by atoms with E-state index in [0.29, 0.717) is 23.6 Å². The van der Waals surface area contributed by atoms with Crippen LogP contribution in [0.25, 0.3) is 0 Å². The number of ether oxygens (including phenoxy) is 2. The highest BCUT2D eigenvalue weighted by Crippen LogP contribution is 2.37. The average Bonchev–Trinajstić information content (AvgIpc) is 3.38. The third-order valence-electron chi connectivity index (χ3n) is 5.99. The second-order valence-corrected chi connectivity index (χ2v) is 9.08. The zero-order valence-electron chi connectivity index (χ0n) is 20.2. The molecule has 200 valence electrons. The number of hydrogen-bond donors (Lipinski definition) is 3. The minimum Gasteiger partial charge on any atom is -0.495 e. The van der Waals surface area contributed by atoms with Gasteiger partial charge in [0.1, 0.15) is 11.3 Å². The smallest absolute Gasteiger partial charge is 0.418 e. The zero-order valence-corrected chi connectivity index (χ0v) is 20.9. The molecule has 4 rings (SSSR count). The third kappa shape index (κ3) is 6.35. The molecule has 0 bridgehead atoms. The number of rotatable bonds is 8. The van der Waals surface area contributed by atoms with Crippen molar-refractivity contribution in [2.24, 2.45) is 0 Å². The number of nitrogens with zero attached hydrogens (tertiary/aromatic N) is 1. The Bertz CT molecular complexity index is 1310. The molecule has 1 saturated heterocycles. The van der Waals surface area contributed by atoms with Crippen LogP contribution in [0.2, 0.25) is 5.02 Å². The van der Waals surface area contributed by atoms with Crippen LogP contribution in [-0.2, 0) is 22.3 Å². The number of hydrogen-bond acceptors (Lipinski definition) is 6. The summed E-state index contributed by atoms with van der Waals surface area (Å²) in [5, 5.41) is 8.31. The number of carbonyl (C=O) groups is 2. The van der Waals surface area contributed by atoms with Crippen molar-refractivity contribution in [1.29, 1.82) is 0 Å². The molecule has 3 aromatic rings. The molecule has 0 radical (unpaired) electrons. The lowest BCUT2D eigenvalue weighted by atomic mass is 9.96. The summed E-state index contributed by atoms with van der Waals surface area (Å²) in [7, 11) is 1.46. The summed E-state index contributed by atoms with van der Waals surface area (Å²) >= 11 is 5.73. The van der Waals surface area contributed by atoms with Gasteiger partial charge in [0.2, 0.25) is 5.91 Å². The fraction of sp³-hybridized carbons (Fsp3) is 0.269. The summed E-state index contributed by atoms with van der Waals surface area (Å²) < 4.78 is 50.6. The number of aromatic nitrogens is 1. The zero-order chi connectivity index (χ0) is 27.3. The molecule has 2 amide bonds. The molecule has 0 unspecified atom stereocenters. The molecule has 2 aromatic carbocycles. The number of pyridine rings is 1. The van der Waals surface area contributed by atoms with E-state index in [-0.39, 0.29) is 35.8 Å². The van der Waals surface area contributed by atoms with Crippen LogP contribution in [-0.4, -0.2) is 42.7 Å². The van der Waals surface area contributed by atoms with Crippen molar-refractivity contribution in [3.8, 4) is 5.75 Å². The number of carbonyl (C=O) groups excluding carboxylic acids is 2. The molecule has 8 nitrogen and oxygen atoms in total.